The standard InChI is InChI=1S/C15H15BrN2/c1-10-6-4-7-11(2)15(10)17-12(3)13-8-5-9-14(16)18-13/h4-9H,1-3H3. The molecule has 92 valence electrons. The SMILES string of the molecule is CC(=Nc1c(C)cccc1C)c1cccc(Br)n1. The van der Waals surface area contributed by atoms with Crippen LogP contribution in [0.3, 0.4) is 0 Å². The molecule has 2 rings (SSSR count). The predicted molar refractivity (Wildman–Crippen MR) is 79.7 cm³/mol. The largest absolute Gasteiger partial charge is 0.251 e. The molecule has 0 aliphatic carbocycles. The number of para-hydroxylation sites is 1. The number of hydrogen-bond acceptors (Lipinski definition) is 2. The minimum absolute atomic E-state index is 0.830. The van der Waals surface area contributed by atoms with Crippen LogP contribution in [0, 0.1) is 13.8 Å². The van der Waals surface area contributed by atoms with E-state index in [1.165, 1.54) is 11.1 Å². The van der Waals surface area contributed by atoms with Crippen LogP contribution in [-0.4, -0.2) is 10.7 Å². The molecule has 0 saturated carbocycles. The molecule has 3 heteroatoms. The summed E-state index contributed by atoms with van der Waals surface area (Å²) in [6.45, 7) is 6.14. The Bertz CT molecular complexity index is 583. The monoisotopic (exact) mass is 302 g/mol. The minimum Gasteiger partial charge on any atom is -0.251 e. The van der Waals surface area contributed by atoms with Crippen molar-refractivity contribution in [3.8, 4) is 0 Å². The Kier molecular flexibility index (Phi) is 3.92. The molecule has 2 aromatic rings. The van der Waals surface area contributed by atoms with E-state index in [9.17, 15) is 0 Å². The second-order valence-corrected chi connectivity index (χ2v) is 5.10. The molecule has 0 aliphatic rings. The van der Waals surface area contributed by atoms with Crippen LogP contribution in [0.1, 0.15) is 23.7 Å². The fourth-order valence-electron chi connectivity index (χ4n) is 1.82. The maximum atomic E-state index is 4.70. The Morgan fingerprint density at radius 3 is 2.28 bits per heavy atom. The molecule has 1 aromatic carbocycles. The van der Waals surface area contributed by atoms with Crippen molar-refractivity contribution in [2.45, 2.75) is 20.8 Å². The highest BCUT2D eigenvalue weighted by atomic mass is 79.9. The zero-order valence-corrected chi connectivity index (χ0v) is 12.3. The van der Waals surface area contributed by atoms with Crippen molar-refractivity contribution in [1.29, 1.82) is 0 Å². The van der Waals surface area contributed by atoms with Gasteiger partial charge in [-0.05, 0) is 60.0 Å². The van der Waals surface area contributed by atoms with Crippen molar-refractivity contribution in [2.75, 3.05) is 0 Å². The molecule has 0 aliphatic heterocycles. The molecule has 2 nitrogen and oxygen atoms in total. The summed E-state index contributed by atoms with van der Waals surface area (Å²) in [7, 11) is 0. The van der Waals surface area contributed by atoms with Crippen LogP contribution >= 0.6 is 15.9 Å². The van der Waals surface area contributed by atoms with E-state index in [1.54, 1.807) is 0 Å². The van der Waals surface area contributed by atoms with Gasteiger partial charge in [-0.25, -0.2) is 4.98 Å². The van der Waals surface area contributed by atoms with Gasteiger partial charge in [-0.1, -0.05) is 24.3 Å². The lowest BCUT2D eigenvalue weighted by Gasteiger charge is -2.06. The second-order valence-electron chi connectivity index (χ2n) is 4.28. The van der Waals surface area contributed by atoms with E-state index in [4.69, 9.17) is 4.99 Å². The van der Waals surface area contributed by atoms with Gasteiger partial charge in [0, 0.05) is 0 Å². The molecule has 1 aromatic heterocycles. The maximum Gasteiger partial charge on any atom is 0.106 e. The molecule has 18 heavy (non-hydrogen) atoms. The van der Waals surface area contributed by atoms with E-state index < -0.39 is 0 Å². The summed E-state index contributed by atoms with van der Waals surface area (Å²) in [5, 5.41) is 0. The second kappa shape index (κ2) is 5.44. The Balaban J connectivity index is 2.45. The number of benzene rings is 1. The number of aromatic nitrogens is 1. The smallest absolute Gasteiger partial charge is 0.106 e. The molecule has 0 radical (unpaired) electrons. The summed E-state index contributed by atoms with van der Waals surface area (Å²) in [6, 6.07) is 12.1. The normalized spacial score (nSPS) is 11.7. The van der Waals surface area contributed by atoms with E-state index in [0.29, 0.717) is 0 Å². The van der Waals surface area contributed by atoms with Gasteiger partial charge in [-0.15, -0.1) is 0 Å². The highest BCUT2D eigenvalue weighted by Crippen LogP contribution is 2.24. The zero-order chi connectivity index (χ0) is 13.1. The molecule has 1 heterocycles. The summed E-state index contributed by atoms with van der Waals surface area (Å²) in [4.78, 5) is 9.12. The number of nitrogens with zero attached hydrogens (tertiary/aromatic N) is 2. The van der Waals surface area contributed by atoms with Gasteiger partial charge in [0.1, 0.15) is 4.60 Å². The lowest BCUT2D eigenvalue weighted by atomic mass is 10.1. The lowest BCUT2D eigenvalue weighted by molar-refractivity contribution is 1.23. The molecule has 0 atom stereocenters. The van der Waals surface area contributed by atoms with Gasteiger partial charge in [0.05, 0.1) is 17.1 Å². The average molecular weight is 303 g/mol. The molecule has 0 amide bonds. The van der Waals surface area contributed by atoms with Gasteiger partial charge >= 0.3 is 0 Å². The van der Waals surface area contributed by atoms with Crippen LogP contribution in [0.25, 0.3) is 0 Å². The molecular weight excluding hydrogens is 288 g/mol. The molecule has 0 N–H and O–H groups in total. The topological polar surface area (TPSA) is 25.2 Å². The highest BCUT2D eigenvalue weighted by Gasteiger charge is 2.04. The van der Waals surface area contributed by atoms with Crippen LogP contribution < -0.4 is 0 Å². The molecule has 0 spiro atoms. The van der Waals surface area contributed by atoms with Gasteiger partial charge in [-0.3, -0.25) is 4.99 Å². The molecule has 0 unspecified atom stereocenters. The third-order valence-electron chi connectivity index (χ3n) is 2.80. The van der Waals surface area contributed by atoms with Crippen LogP contribution in [-0.2, 0) is 0 Å². The van der Waals surface area contributed by atoms with E-state index in [1.807, 2.05) is 25.1 Å². The Hall–Kier alpha value is -1.48. The molecule has 0 saturated heterocycles. The van der Waals surface area contributed by atoms with Crippen LogP contribution in [0.2, 0.25) is 0 Å². The van der Waals surface area contributed by atoms with Crippen LogP contribution in [0.4, 0.5) is 5.69 Å². The predicted octanol–water partition coefficient (Wildman–Crippen LogP) is 4.60. The van der Waals surface area contributed by atoms with Crippen molar-refractivity contribution in [3.63, 3.8) is 0 Å². The number of aryl methyl sites for hydroxylation is 2. The van der Waals surface area contributed by atoms with E-state index in [-0.39, 0.29) is 0 Å². The van der Waals surface area contributed by atoms with Gasteiger partial charge in [-0.2, -0.15) is 0 Å². The Morgan fingerprint density at radius 1 is 1.06 bits per heavy atom. The summed E-state index contributed by atoms with van der Waals surface area (Å²) >= 11 is 3.38. The fraction of sp³-hybridized carbons (Fsp3) is 0.200. The van der Waals surface area contributed by atoms with E-state index in [0.717, 1.165) is 21.7 Å². The van der Waals surface area contributed by atoms with Gasteiger partial charge in [0.2, 0.25) is 0 Å². The summed E-state index contributed by atoms with van der Waals surface area (Å²) in [5.74, 6) is 0. The van der Waals surface area contributed by atoms with Crippen LogP contribution in [0.15, 0.2) is 46.0 Å². The summed E-state index contributed by atoms with van der Waals surface area (Å²) in [5.41, 5.74) is 5.23. The summed E-state index contributed by atoms with van der Waals surface area (Å²) < 4.78 is 0.830. The van der Waals surface area contributed by atoms with Crippen LogP contribution in [0.5, 0.6) is 0 Å². The minimum atomic E-state index is 0.830. The number of halogens is 1. The first kappa shape index (κ1) is 13.0. The van der Waals surface area contributed by atoms with E-state index in [2.05, 4.69) is 53.0 Å². The third-order valence-corrected chi connectivity index (χ3v) is 3.25. The quantitative estimate of drug-likeness (QED) is 0.588. The Morgan fingerprint density at radius 2 is 1.67 bits per heavy atom. The third kappa shape index (κ3) is 2.85. The lowest BCUT2D eigenvalue weighted by Crippen LogP contribution is -1.98. The first-order valence-electron chi connectivity index (χ1n) is 5.82. The van der Waals surface area contributed by atoms with Crippen molar-refractivity contribution in [2.24, 2.45) is 4.99 Å². The van der Waals surface area contributed by atoms with E-state index >= 15 is 0 Å². The number of pyridine rings is 1. The number of rotatable bonds is 2. The van der Waals surface area contributed by atoms with Gasteiger partial charge in [0.15, 0.2) is 0 Å². The molecular formula is C15H15BrN2. The first-order valence-corrected chi connectivity index (χ1v) is 6.61. The molecule has 0 fully saturated rings. The molecule has 0 bridgehead atoms. The van der Waals surface area contributed by atoms with Crippen molar-refractivity contribution >= 4 is 27.3 Å². The number of hydrogen-bond donors (Lipinski definition) is 0. The average Bonchev–Trinajstić information content (AvgIpc) is 2.34. The van der Waals surface area contributed by atoms with Crippen molar-refractivity contribution in [1.82, 2.24) is 4.98 Å². The first-order chi connectivity index (χ1) is 8.58. The number of aliphatic imine (C=N–C) groups is 1. The zero-order valence-electron chi connectivity index (χ0n) is 10.7. The van der Waals surface area contributed by atoms with Gasteiger partial charge < -0.3 is 0 Å². The van der Waals surface area contributed by atoms with Crippen molar-refractivity contribution in [3.05, 3.63) is 57.8 Å². The Labute approximate surface area is 116 Å². The maximum absolute atomic E-state index is 4.70. The highest BCUT2D eigenvalue weighted by molar-refractivity contribution is 9.10. The summed E-state index contributed by atoms with van der Waals surface area (Å²) in [6.07, 6.45) is 0. The fourth-order valence-corrected chi connectivity index (χ4v) is 2.16. The van der Waals surface area contributed by atoms with Gasteiger partial charge in [0.25, 0.3) is 0 Å². The van der Waals surface area contributed by atoms with Crippen molar-refractivity contribution < 1.29 is 0 Å².